The number of hydrogen-bond donors (Lipinski definition) is 2. The number of carboxylic acid groups (broad SMARTS) is 1. The van der Waals surface area contributed by atoms with Crippen LogP contribution in [0.1, 0.15) is 26.3 Å². The van der Waals surface area contributed by atoms with Crippen LogP contribution in [0.5, 0.6) is 0 Å². The Labute approximate surface area is 87.5 Å². The molecule has 1 aromatic rings. The molecule has 0 bridgehead atoms. The second-order valence-corrected chi connectivity index (χ2v) is 2.95. The van der Waals surface area contributed by atoms with Gasteiger partial charge < -0.3 is 10.8 Å². The molecular formula is C9H6F3NO3. The highest BCUT2D eigenvalue weighted by molar-refractivity contribution is 5.96. The van der Waals surface area contributed by atoms with Crippen LogP contribution in [0.15, 0.2) is 12.1 Å². The summed E-state index contributed by atoms with van der Waals surface area (Å²) < 4.78 is 37.3. The number of aromatic carboxylic acids is 1. The normalized spacial score (nSPS) is 11.2. The summed E-state index contributed by atoms with van der Waals surface area (Å²) in [5.41, 5.74) is 2.14. The lowest BCUT2D eigenvalue weighted by molar-refractivity contribution is -0.137. The predicted molar refractivity (Wildman–Crippen MR) is 48.2 cm³/mol. The first-order chi connectivity index (χ1) is 7.27. The van der Waals surface area contributed by atoms with Crippen molar-refractivity contribution in [2.45, 2.75) is 6.18 Å². The number of anilines is 1. The van der Waals surface area contributed by atoms with Crippen molar-refractivity contribution in [3.05, 3.63) is 28.8 Å². The third-order valence-electron chi connectivity index (χ3n) is 1.88. The van der Waals surface area contributed by atoms with Crippen molar-refractivity contribution in [3.8, 4) is 0 Å². The monoisotopic (exact) mass is 233 g/mol. The number of nitrogen functional groups attached to an aromatic ring is 1. The fourth-order valence-corrected chi connectivity index (χ4v) is 1.16. The van der Waals surface area contributed by atoms with E-state index in [-0.39, 0.29) is 12.0 Å². The molecule has 86 valence electrons. The lowest BCUT2D eigenvalue weighted by atomic mass is 10.0. The van der Waals surface area contributed by atoms with E-state index in [1.54, 1.807) is 0 Å². The first-order valence-electron chi connectivity index (χ1n) is 3.96. The molecule has 1 rings (SSSR count). The number of rotatable bonds is 2. The summed E-state index contributed by atoms with van der Waals surface area (Å²) in [4.78, 5) is 21.0. The Morgan fingerprint density at radius 2 is 1.94 bits per heavy atom. The summed E-state index contributed by atoms with van der Waals surface area (Å²) >= 11 is 0. The van der Waals surface area contributed by atoms with Crippen LogP contribution in [0.2, 0.25) is 0 Å². The molecule has 16 heavy (non-hydrogen) atoms. The average Bonchev–Trinajstić information content (AvgIpc) is 2.14. The summed E-state index contributed by atoms with van der Waals surface area (Å²) in [6.45, 7) is 0. The zero-order valence-electron chi connectivity index (χ0n) is 7.71. The smallest absolute Gasteiger partial charge is 0.417 e. The van der Waals surface area contributed by atoms with E-state index in [4.69, 9.17) is 10.8 Å². The molecule has 0 aromatic heterocycles. The first-order valence-corrected chi connectivity index (χ1v) is 3.96. The SMILES string of the molecule is Nc1cc(C=O)c(C(F)(F)F)cc1C(=O)O. The molecule has 0 aliphatic carbocycles. The zero-order valence-corrected chi connectivity index (χ0v) is 7.71. The Morgan fingerprint density at radius 3 is 2.31 bits per heavy atom. The molecule has 0 aliphatic rings. The minimum absolute atomic E-state index is 0.0230. The van der Waals surface area contributed by atoms with Crippen molar-refractivity contribution >= 4 is 17.9 Å². The van der Waals surface area contributed by atoms with E-state index in [0.717, 1.165) is 0 Å². The maximum Gasteiger partial charge on any atom is 0.417 e. The van der Waals surface area contributed by atoms with Gasteiger partial charge >= 0.3 is 12.1 Å². The summed E-state index contributed by atoms with van der Waals surface area (Å²) in [7, 11) is 0. The van der Waals surface area contributed by atoms with E-state index in [1.807, 2.05) is 0 Å². The van der Waals surface area contributed by atoms with Gasteiger partial charge in [-0.15, -0.1) is 0 Å². The molecule has 0 amide bonds. The topological polar surface area (TPSA) is 80.4 Å². The maximum absolute atomic E-state index is 12.4. The van der Waals surface area contributed by atoms with Crippen molar-refractivity contribution in [2.75, 3.05) is 5.73 Å². The molecule has 4 nitrogen and oxygen atoms in total. The molecule has 0 radical (unpaired) electrons. The Hall–Kier alpha value is -2.05. The second kappa shape index (κ2) is 3.84. The zero-order chi connectivity index (χ0) is 12.5. The van der Waals surface area contributed by atoms with E-state index < -0.39 is 28.8 Å². The predicted octanol–water partition coefficient (Wildman–Crippen LogP) is 1.80. The highest BCUT2D eigenvalue weighted by Crippen LogP contribution is 2.33. The van der Waals surface area contributed by atoms with Gasteiger partial charge in [0.05, 0.1) is 11.1 Å². The number of alkyl halides is 3. The quantitative estimate of drug-likeness (QED) is 0.602. The average molecular weight is 233 g/mol. The van der Waals surface area contributed by atoms with Gasteiger partial charge in [0.1, 0.15) is 0 Å². The van der Waals surface area contributed by atoms with Gasteiger partial charge in [0, 0.05) is 11.3 Å². The fourth-order valence-electron chi connectivity index (χ4n) is 1.16. The Balaban J connectivity index is 3.53. The summed E-state index contributed by atoms with van der Waals surface area (Å²) in [5.74, 6) is -1.58. The van der Waals surface area contributed by atoms with E-state index in [9.17, 15) is 22.8 Å². The molecule has 0 saturated carbocycles. The molecule has 0 heterocycles. The van der Waals surface area contributed by atoms with Gasteiger partial charge in [-0.3, -0.25) is 4.79 Å². The summed E-state index contributed by atoms with van der Waals surface area (Å²) in [6, 6.07) is 1.04. The van der Waals surface area contributed by atoms with E-state index in [2.05, 4.69) is 0 Å². The number of carbonyl (C=O) groups excluding carboxylic acids is 1. The minimum atomic E-state index is -4.80. The van der Waals surface area contributed by atoms with Crippen LogP contribution in [0, 0.1) is 0 Å². The molecule has 3 N–H and O–H groups in total. The number of carboxylic acids is 1. The number of halogens is 3. The van der Waals surface area contributed by atoms with Gasteiger partial charge in [0.15, 0.2) is 6.29 Å². The third kappa shape index (κ3) is 2.13. The van der Waals surface area contributed by atoms with Gasteiger partial charge in [-0.1, -0.05) is 0 Å². The van der Waals surface area contributed by atoms with E-state index in [0.29, 0.717) is 12.1 Å². The van der Waals surface area contributed by atoms with Crippen molar-refractivity contribution in [3.63, 3.8) is 0 Å². The van der Waals surface area contributed by atoms with Crippen molar-refractivity contribution < 1.29 is 27.9 Å². The van der Waals surface area contributed by atoms with Gasteiger partial charge in [0.25, 0.3) is 0 Å². The summed E-state index contributed by atoms with van der Waals surface area (Å²) in [5, 5.41) is 8.58. The van der Waals surface area contributed by atoms with Gasteiger partial charge in [-0.05, 0) is 12.1 Å². The van der Waals surface area contributed by atoms with Gasteiger partial charge in [-0.2, -0.15) is 13.2 Å². The lowest BCUT2D eigenvalue weighted by Gasteiger charge is -2.11. The molecule has 0 saturated heterocycles. The number of benzene rings is 1. The molecule has 0 atom stereocenters. The molecule has 1 aromatic carbocycles. The van der Waals surface area contributed by atoms with Crippen LogP contribution < -0.4 is 5.73 Å². The molecule has 0 unspecified atom stereocenters. The summed E-state index contributed by atoms with van der Waals surface area (Å²) in [6.07, 6.45) is -4.82. The van der Waals surface area contributed by atoms with Crippen LogP contribution in [0.3, 0.4) is 0 Å². The Morgan fingerprint density at radius 1 is 1.38 bits per heavy atom. The first kappa shape index (κ1) is 12.0. The number of carbonyl (C=O) groups is 2. The van der Waals surface area contributed by atoms with Crippen molar-refractivity contribution in [2.24, 2.45) is 0 Å². The van der Waals surface area contributed by atoms with Crippen LogP contribution >= 0.6 is 0 Å². The lowest BCUT2D eigenvalue weighted by Crippen LogP contribution is -2.13. The largest absolute Gasteiger partial charge is 0.478 e. The number of aldehydes is 1. The van der Waals surface area contributed by atoms with Gasteiger partial charge in [0.2, 0.25) is 0 Å². The number of hydrogen-bond acceptors (Lipinski definition) is 3. The van der Waals surface area contributed by atoms with Gasteiger partial charge in [-0.25, -0.2) is 4.79 Å². The molecule has 0 aliphatic heterocycles. The van der Waals surface area contributed by atoms with E-state index in [1.165, 1.54) is 0 Å². The van der Waals surface area contributed by atoms with Crippen LogP contribution in [0.25, 0.3) is 0 Å². The molecule has 7 heteroatoms. The van der Waals surface area contributed by atoms with Crippen LogP contribution in [-0.4, -0.2) is 17.4 Å². The van der Waals surface area contributed by atoms with Crippen LogP contribution in [0.4, 0.5) is 18.9 Å². The minimum Gasteiger partial charge on any atom is -0.478 e. The van der Waals surface area contributed by atoms with E-state index >= 15 is 0 Å². The van der Waals surface area contributed by atoms with Crippen molar-refractivity contribution in [1.29, 1.82) is 0 Å². The van der Waals surface area contributed by atoms with Crippen molar-refractivity contribution in [1.82, 2.24) is 0 Å². The Bertz CT molecular complexity index is 454. The fraction of sp³-hybridized carbons (Fsp3) is 0.111. The molecule has 0 fully saturated rings. The highest BCUT2D eigenvalue weighted by atomic mass is 19.4. The Kier molecular flexibility index (Phi) is 2.88. The van der Waals surface area contributed by atoms with Crippen LogP contribution in [-0.2, 0) is 6.18 Å². The highest BCUT2D eigenvalue weighted by Gasteiger charge is 2.34. The standard InChI is InChI=1S/C9H6F3NO3/c10-9(11,12)6-2-5(8(15)16)7(13)1-4(6)3-14/h1-3H,13H2,(H,15,16). The maximum atomic E-state index is 12.4. The number of nitrogens with two attached hydrogens (primary N) is 1. The molecular weight excluding hydrogens is 227 g/mol. The third-order valence-corrected chi connectivity index (χ3v) is 1.88. The molecule has 0 spiro atoms. The second-order valence-electron chi connectivity index (χ2n) is 2.95.